The number of hydrogen-bond donors (Lipinski definition) is 2. The van der Waals surface area contributed by atoms with Crippen molar-refractivity contribution < 1.29 is 19.1 Å². The van der Waals surface area contributed by atoms with Crippen molar-refractivity contribution >= 4 is 35.2 Å². The van der Waals surface area contributed by atoms with Crippen molar-refractivity contribution in [1.29, 1.82) is 0 Å². The van der Waals surface area contributed by atoms with E-state index in [0.29, 0.717) is 30.6 Å². The summed E-state index contributed by atoms with van der Waals surface area (Å²) < 4.78 is 6.52. The van der Waals surface area contributed by atoms with E-state index in [-0.39, 0.29) is 23.8 Å². The minimum Gasteiger partial charge on any atom is -0.359 e. The topological polar surface area (TPSA) is 91.0 Å². The number of anilines is 1. The predicted octanol–water partition coefficient (Wildman–Crippen LogP) is 3.78. The van der Waals surface area contributed by atoms with Crippen LogP contribution in [0.5, 0.6) is 0 Å². The van der Waals surface area contributed by atoms with Crippen molar-refractivity contribution in [3.05, 3.63) is 36.4 Å². The van der Waals surface area contributed by atoms with Crippen LogP contribution in [0.2, 0.25) is 0 Å². The fraction of sp³-hybridized carbons (Fsp3) is 0.645. The first kappa shape index (κ1) is 29.1. The van der Waals surface area contributed by atoms with E-state index in [4.69, 9.17) is 4.74 Å². The number of likely N-dealkylation sites (N-methyl/N-ethyl adjacent to an activating group) is 1. The Morgan fingerprint density at radius 1 is 1.18 bits per heavy atom. The summed E-state index contributed by atoms with van der Waals surface area (Å²) in [5.41, 5.74) is -0.446. The van der Waals surface area contributed by atoms with Crippen LogP contribution in [0, 0.1) is 23.7 Å². The molecule has 3 heterocycles. The average Bonchev–Trinajstić information content (AvgIpc) is 3.59. The van der Waals surface area contributed by atoms with Crippen molar-refractivity contribution in [3.8, 4) is 0 Å². The van der Waals surface area contributed by atoms with E-state index in [9.17, 15) is 14.4 Å². The molecule has 2 bridgehead atoms. The molecule has 3 aliphatic heterocycles. The molecule has 1 aromatic rings. The molecule has 0 unspecified atom stereocenters. The molecular weight excluding hydrogens is 524 g/mol. The largest absolute Gasteiger partial charge is 0.359 e. The van der Waals surface area contributed by atoms with Gasteiger partial charge in [-0.15, -0.1) is 11.8 Å². The van der Waals surface area contributed by atoms with E-state index in [1.165, 1.54) is 6.42 Å². The van der Waals surface area contributed by atoms with Gasteiger partial charge in [0, 0.05) is 29.7 Å². The summed E-state index contributed by atoms with van der Waals surface area (Å²) in [4.78, 5) is 47.0. The van der Waals surface area contributed by atoms with E-state index >= 15 is 0 Å². The summed E-state index contributed by atoms with van der Waals surface area (Å²) >= 11 is 1.60. The summed E-state index contributed by atoms with van der Waals surface area (Å²) in [6.45, 7) is 11.4. The highest BCUT2D eigenvalue weighted by atomic mass is 32.2. The van der Waals surface area contributed by atoms with Gasteiger partial charge in [0.1, 0.15) is 11.6 Å². The third-order valence-corrected chi connectivity index (χ3v) is 10.6. The van der Waals surface area contributed by atoms with Gasteiger partial charge in [0.2, 0.25) is 17.7 Å². The molecule has 3 amide bonds. The number of amides is 3. The van der Waals surface area contributed by atoms with Crippen LogP contribution in [0.4, 0.5) is 5.69 Å². The first-order valence-electron chi connectivity index (χ1n) is 14.9. The van der Waals surface area contributed by atoms with Crippen LogP contribution in [-0.4, -0.2) is 83.7 Å². The molecule has 1 spiro atoms. The van der Waals surface area contributed by atoms with E-state index < -0.39 is 29.6 Å². The number of ether oxygens (including phenoxy) is 1. The van der Waals surface area contributed by atoms with Gasteiger partial charge in [0.05, 0.1) is 17.9 Å². The molecule has 5 rings (SSSR count). The van der Waals surface area contributed by atoms with Crippen molar-refractivity contribution in [2.24, 2.45) is 23.7 Å². The van der Waals surface area contributed by atoms with Crippen LogP contribution in [0.15, 0.2) is 41.3 Å². The Bertz CT molecular complexity index is 1160. The normalized spacial score (nSPS) is 34.4. The number of thioether (sulfide) groups is 1. The van der Waals surface area contributed by atoms with E-state index in [1.807, 2.05) is 42.7 Å². The second kappa shape index (κ2) is 11.9. The lowest BCUT2D eigenvalue weighted by Gasteiger charge is -2.38. The van der Waals surface area contributed by atoms with Gasteiger partial charge in [-0.1, -0.05) is 58.8 Å². The molecule has 4 aliphatic rings. The number of rotatable bonds is 10. The number of hydrogen-bond acceptors (Lipinski definition) is 6. The van der Waals surface area contributed by atoms with Crippen LogP contribution >= 0.6 is 11.8 Å². The molecule has 2 saturated heterocycles. The Morgan fingerprint density at radius 3 is 2.67 bits per heavy atom. The maximum absolute atomic E-state index is 14.2. The number of nitrogens with one attached hydrogen (secondary N) is 2. The highest BCUT2D eigenvalue weighted by Gasteiger charge is 2.72. The Labute approximate surface area is 242 Å². The van der Waals surface area contributed by atoms with Crippen molar-refractivity contribution in [3.63, 3.8) is 0 Å². The standard InChI is InChI=1S/C31H44N4O4S/c1-6-34(7-2)16-17-35-27(29(37)33-23-13-8-10-19(3)20(23)4)31-15-14-24(39-31)25(26(31)30(35)38)28(36)32-21-11-9-12-22(18-21)40-5/h9,11-12,14-15,18-20,23-27H,6-8,10,13,16-17H2,1-5H3,(H,32,36)(H,33,37)/t19-,20-,23-,24+,25-,26+,27+,31+/m1/s1. The van der Waals surface area contributed by atoms with E-state index in [1.54, 1.807) is 16.7 Å². The van der Waals surface area contributed by atoms with Crippen molar-refractivity contribution in [2.75, 3.05) is 37.8 Å². The molecule has 8 nitrogen and oxygen atoms in total. The summed E-state index contributed by atoms with van der Waals surface area (Å²) in [7, 11) is 0. The lowest BCUT2D eigenvalue weighted by atomic mass is 9.73. The van der Waals surface area contributed by atoms with Crippen LogP contribution < -0.4 is 10.6 Å². The summed E-state index contributed by atoms with van der Waals surface area (Å²) in [6.07, 6.45) is 8.42. The molecule has 1 saturated carbocycles. The molecule has 1 aliphatic carbocycles. The monoisotopic (exact) mass is 568 g/mol. The minimum absolute atomic E-state index is 0.0665. The maximum atomic E-state index is 14.2. The highest BCUT2D eigenvalue weighted by molar-refractivity contribution is 7.98. The lowest BCUT2D eigenvalue weighted by molar-refractivity contribution is -0.141. The number of benzene rings is 1. The molecule has 3 fully saturated rings. The first-order valence-corrected chi connectivity index (χ1v) is 16.1. The zero-order valence-electron chi connectivity index (χ0n) is 24.4. The summed E-state index contributed by atoms with van der Waals surface area (Å²) in [6, 6.07) is 6.94. The molecule has 40 heavy (non-hydrogen) atoms. The van der Waals surface area contributed by atoms with Crippen LogP contribution in [0.1, 0.15) is 47.0 Å². The van der Waals surface area contributed by atoms with Gasteiger partial charge < -0.3 is 25.2 Å². The quantitative estimate of drug-likeness (QED) is 0.330. The fourth-order valence-electron chi connectivity index (χ4n) is 7.27. The molecule has 0 radical (unpaired) electrons. The van der Waals surface area contributed by atoms with Gasteiger partial charge in [-0.25, -0.2) is 0 Å². The molecule has 1 aromatic carbocycles. The van der Waals surface area contributed by atoms with E-state index in [0.717, 1.165) is 30.8 Å². The number of likely N-dealkylation sites (tertiary alicyclic amines) is 1. The minimum atomic E-state index is -1.14. The SMILES string of the molecule is CCN(CC)CCN1C(=O)[C@@H]2[C@H](C(=O)Nc3cccc(SC)c3)[C@@H]3C=C[C@@]2(O3)[C@@H]1C(=O)N[C@@H]1CCC[C@@H](C)[C@H]1C. The fourth-order valence-corrected chi connectivity index (χ4v) is 7.73. The summed E-state index contributed by atoms with van der Waals surface area (Å²) in [5, 5.41) is 6.36. The summed E-state index contributed by atoms with van der Waals surface area (Å²) in [5.74, 6) is -1.11. The van der Waals surface area contributed by atoms with Crippen LogP contribution in [0.3, 0.4) is 0 Å². The third kappa shape index (κ3) is 5.09. The average molecular weight is 569 g/mol. The Morgan fingerprint density at radius 2 is 1.95 bits per heavy atom. The van der Waals surface area contributed by atoms with Gasteiger partial charge in [-0.05, 0) is 55.8 Å². The molecule has 8 atom stereocenters. The zero-order chi connectivity index (χ0) is 28.6. The highest BCUT2D eigenvalue weighted by Crippen LogP contribution is 2.55. The lowest BCUT2D eigenvalue weighted by Crippen LogP contribution is -2.58. The molecule has 2 N–H and O–H groups in total. The predicted molar refractivity (Wildman–Crippen MR) is 158 cm³/mol. The number of fused-ring (bicyclic) bond motifs is 1. The van der Waals surface area contributed by atoms with Crippen molar-refractivity contribution in [1.82, 2.24) is 15.1 Å². The number of nitrogens with zero attached hydrogens (tertiary/aromatic N) is 2. The maximum Gasteiger partial charge on any atom is 0.246 e. The van der Waals surface area contributed by atoms with Crippen molar-refractivity contribution in [2.45, 2.75) is 75.6 Å². The molecule has 9 heteroatoms. The molecular formula is C31H44N4O4S. The third-order valence-electron chi connectivity index (χ3n) is 9.85. The van der Waals surface area contributed by atoms with E-state index in [2.05, 4.69) is 43.2 Å². The Hall–Kier alpha value is -2.36. The zero-order valence-corrected chi connectivity index (χ0v) is 25.2. The van der Waals surface area contributed by atoms with Gasteiger partial charge in [-0.3, -0.25) is 14.4 Å². The number of carbonyl (C=O) groups excluding carboxylic acids is 3. The van der Waals surface area contributed by atoms with Gasteiger partial charge in [-0.2, -0.15) is 0 Å². The Balaban J connectivity index is 1.43. The Kier molecular flexibility index (Phi) is 8.64. The first-order chi connectivity index (χ1) is 19.2. The van der Waals surface area contributed by atoms with Gasteiger partial charge in [0.15, 0.2) is 0 Å². The van der Waals surface area contributed by atoms with Gasteiger partial charge in [0.25, 0.3) is 0 Å². The molecule has 0 aromatic heterocycles. The second-order valence-electron chi connectivity index (χ2n) is 11.9. The van der Waals surface area contributed by atoms with Gasteiger partial charge >= 0.3 is 0 Å². The van der Waals surface area contributed by atoms with Crippen LogP contribution in [-0.2, 0) is 19.1 Å². The molecule has 218 valence electrons. The van der Waals surface area contributed by atoms with Crippen LogP contribution in [0.25, 0.3) is 0 Å². The number of carbonyl (C=O) groups is 3. The smallest absolute Gasteiger partial charge is 0.246 e. The second-order valence-corrected chi connectivity index (χ2v) is 12.7.